The fourth-order valence-corrected chi connectivity index (χ4v) is 2.41. The van der Waals surface area contributed by atoms with Crippen molar-refractivity contribution in [2.45, 2.75) is 19.4 Å². The van der Waals surface area contributed by atoms with E-state index in [1.54, 1.807) is 18.5 Å². The van der Waals surface area contributed by atoms with Gasteiger partial charge in [0, 0.05) is 25.5 Å². The topological polar surface area (TPSA) is 122 Å². The monoisotopic (exact) mass is 342 g/mol. The molecule has 8 nitrogen and oxygen atoms in total. The van der Waals surface area contributed by atoms with E-state index in [4.69, 9.17) is 5.73 Å². The molecule has 25 heavy (non-hydrogen) atoms. The van der Waals surface area contributed by atoms with Crippen LogP contribution < -0.4 is 21.7 Å². The first-order chi connectivity index (χ1) is 12.1. The molecule has 0 aliphatic heterocycles. The average Bonchev–Trinajstić information content (AvgIpc) is 2.59. The third-order valence-corrected chi connectivity index (χ3v) is 3.57. The number of nitrogens with one attached hydrogen (secondary N) is 3. The number of nitrogens with zero attached hydrogens (tertiary/aromatic N) is 2. The third-order valence-electron chi connectivity index (χ3n) is 3.57. The Hall–Kier alpha value is -3.16. The van der Waals surface area contributed by atoms with Gasteiger partial charge in [0.25, 0.3) is 0 Å². The molecule has 1 atom stereocenters. The zero-order valence-electron chi connectivity index (χ0n) is 14.0. The molecule has 1 aromatic heterocycles. The molecule has 0 bridgehead atoms. The van der Waals surface area contributed by atoms with Gasteiger partial charge in [-0.25, -0.2) is 14.8 Å². The van der Waals surface area contributed by atoms with Gasteiger partial charge in [0.2, 0.25) is 11.9 Å². The van der Waals surface area contributed by atoms with Crippen molar-refractivity contribution in [1.29, 1.82) is 0 Å². The Bertz CT molecular complexity index is 707. The first-order valence-corrected chi connectivity index (χ1v) is 7.95. The van der Waals surface area contributed by atoms with Crippen LogP contribution in [0.15, 0.2) is 42.7 Å². The second kappa shape index (κ2) is 9.21. The minimum absolute atomic E-state index is 0.107. The number of carbonyl (C=O) groups excluding carboxylic acids is 2. The molecular weight excluding hydrogens is 320 g/mol. The highest BCUT2D eigenvalue weighted by molar-refractivity contribution is 5.78. The van der Waals surface area contributed by atoms with Crippen LogP contribution in [0, 0.1) is 6.92 Å². The lowest BCUT2D eigenvalue weighted by atomic mass is 9.98. The maximum absolute atomic E-state index is 12.2. The molecule has 0 radical (unpaired) electrons. The number of carbonyl (C=O) groups is 2. The SMILES string of the molecule is Cc1ccccc1[C@H](CC(=O)NCCNc1ncccn1)NC(N)=O. The Morgan fingerprint density at radius 2 is 1.84 bits per heavy atom. The Morgan fingerprint density at radius 1 is 1.12 bits per heavy atom. The number of hydrogen-bond acceptors (Lipinski definition) is 5. The molecule has 2 aromatic rings. The molecule has 132 valence electrons. The maximum atomic E-state index is 12.2. The number of urea groups is 1. The van der Waals surface area contributed by atoms with E-state index in [-0.39, 0.29) is 12.3 Å². The van der Waals surface area contributed by atoms with Gasteiger partial charge in [0.05, 0.1) is 12.5 Å². The van der Waals surface area contributed by atoms with Gasteiger partial charge in [-0.15, -0.1) is 0 Å². The van der Waals surface area contributed by atoms with E-state index in [1.807, 2.05) is 31.2 Å². The van der Waals surface area contributed by atoms with Crippen molar-refractivity contribution in [3.8, 4) is 0 Å². The lowest BCUT2D eigenvalue weighted by Crippen LogP contribution is -2.37. The van der Waals surface area contributed by atoms with Crippen molar-refractivity contribution < 1.29 is 9.59 Å². The first kappa shape index (κ1) is 18.2. The summed E-state index contributed by atoms with van der Waals surface area (Å²) in [5.74, 6) is 0.322. The van der Waals surface area contributed by atoms with Crippen LogP contribution >= 0.6 is 0 Å². The van der Waals surface area contributed by atoms with Crippen molar-refractivity contribution in [2.75, 3.05) is 18.4 Å². The van der Waals surface area contributed by atoms with Gasteiger partial charge in [-0.05, 0) is 24.1 Å². The Balaban J connectivity index is 1.85. The highest BCUT2D eigenvalue weighted by Gasteiger charge is 2.18. The van der Waals surface area contributed by atoms with Gasteiger partial charge < -0.3 is 21.7 Å². The molecule has 0 unspecified atom stereocenters. The fourth-order valence-electron chi connectivity index (χ4n) is 2.41. The van der Waals surface area contributed by atoms with E-state index in [1.165, 1.54) is 0 Å². The van der Waals surface area contributed by atoms with E-state index >= 15 is 0 Å². The van der Waals surface area contributed by atoms with Crippen LogP contribution in [-0.4, -0.2) is 35.0 Å². The smallest absolute Gasteiger partial charge is 0.312 e. The molecule has 0 saturated carbocycles. The van der Waals surface area contributed by atoms with Crippen LogP contribution in [0.25, 0.3) is 0 Å². The van der Waals surface area contributed by atoms with E-state index in [0.29, 0.717) is 19.0 Å². The van der Waals surface area contributed by atoms with Crippen LogP contribution in [0.3, 0.4) is 0 Å². The standard InChI is InChI=1S/C17H22N6O2/c1-12-5-2-3-6-13(12)14(23-16(18)25)11-15(24)19-9-10-22-17-20-7-4-8-21-17/h2-8,14H,9-11H2,1H3,(H,19,24)(H3,18,23,25)(H,20,21,22)/t14-/m0/s1. The third kappa shape index (κ3) is 6.09. The minimum atomic E-state index is -0.663. The molecule has 1 aromatic carbocycles. The summed E-state index contributed by atoms with van der Waals surface area (Å²) in [6.45, 7) is 2.83. The molecule has 1 heterocycles. The highest BCUT2D eigenvalue weighted by Crippen LogP contribution is 2.20. The van der Waals surface area contributed by atoms with Crippen LogP contribution in [0.4, 0.5) is 10.7 Å². The highest BCUT2D eigenvalue weighted by atomic mass is 16.2. The number of amides is 3. The lowest BCUT2D eigenvalue weighted by Gasteiger charge is -2.19. The predicted molar refractivity (Wildman–Crippen MR) is 94.8 cm³/mol. The van der Waals surface area contributed by atoms with E-state index in [0.717, 1.165) is 11.1 Å². The predicted octanol–water partition coefficient (Wildman–Crippen LogP) is 1.11. The van der Waals surface area contributed by atoms with E-state index in [9.17, 15) is 9.59 Å². The van der Waals surface area contributed by atoms with Gasteiger partial charge in [-0.2, -0.15) is 0 Å². The van der Waals surface area contributed by atoms with E-state index in [2.05, 4.69) is 25.9 Å². The molecular formula is C17H22N6O2. The molecule has 0 spiro atoms. The summed E-state index contributed by atoms with van der Waals surface area (Å²) in [6.07, 6.45) is 3.38. The largest absolute Gasteiger partial charge is 0.354 e. The summed E-state index contributed by atoms with van der Waals surface area (Å²) in [7, 11) is 0. The second-order valence-corrected chi connectivity index (χ2v) is 5.47. The van der Waals surface area contributed by atoms with Gasteiger partial charge in [-0.1, -0.05) is 24.3 Å². The van der Waals surface area contributed by atoms with Gasteiger partial charge in [0.1, 0.15) is 0 Å². The number of rotatable bonds is 8. The summed E-state index contributed by atoms with van der Waals surface area (Å²) < 4.78 is 0. The van der Waals surface area contributed by atoms with Crippen molar-refractivity contribution in [2.24, 2.45) is 5.73 Å². The molecule has 5 N–H and O–H groups in total. The summed E-state index contributed by atoms with van der Waals surface area (Å²) in [5.41, 5.74) is 7.09. The number of benzene rings is 1. The summed E-state index contributed by atoms with van der Waals surface area (Å²) in [5, 5.41) is 8.42. The molecule has 0 fully saturated rings. The van der Waals surface area contributed by atoms with Gasteiger partial charge in [-0.3, -0.25) is 4.79 Å². The number of aromatic nitrogens is 2. The fraction of sp³-hybridized carbons (Fsp3) is 0.294. The quantitative estimate of drug-likeness (QED) is 0.535. The number of primary amides is 1. The average molecular weight is 342 g/mol. The number of aryl methyl sites for hydroxylation is 1. The number of nitrogens with two attached hydrogens (primary N) is 1. The number of hydrogen-bond donors (Lipinski definition) is 4. The van der Waals surface area contributed by atoms with Gasteiger partial charge in [0.15, 0.2) is 0 Å². The van der Waals surface area contributed by atoms with Crippen molar-refractivity contribution in [1.82, 2.24) is 20.6 Å². The Morgan fingerprint density at radius 3 is 2.52 bits per heavy atom. The summed E-state index contributed by atoms with van der Waals surface area (Å²) in [6, 6.07) is 8.15. The van der Waals surface area contributed by atoms with Crippen molar-refractivity contribution in [3.05, 3.63) is 53.9 Å². The van der Waals surface area contributed by atoms with Gasteiger partial charge >= 0.3 is 6.03 Å². The Labute approximate surface area is 146 Å². The van der Waals surface area contributed by atoms with Crippen LogP contribution in [-0.2, 0) is 4.79 Å². The molecule has 0 saturated heterocycles. The number of anilines is 1. The van der Waals surface area contributed by atoms with E-state index < -0.39 is 12.1 Å². The summed E-state index contributed by atoms with van der Waals surface area (Å²) in [4.78, 5) is 31.5. The molecule has 3 amide bonds. The molecule has 2 rings (SSSR count). The summed E-state index contributed by atoms with van der Waals surface area (Å²) >= 11 is 0. The molecule has 0 aliphatic carbocycles. The maximum Gasteiger partial charge on any atom is 0.312 e. The lowest BCUT2D eigenvalue weighted by molar-refractivity contribution is -0.121. The zero-order valence-corrected chi connectivity index (χ0v) is 14.0. The van der Waals surface area contributed by atoms with Crippen LogP contribution in [0.5, 0.6) is 0 Å². The zero-order chi connectivity index (χ0) is 18.1. The van der Waals surface area contributed by atoms with Crippen LogP contribution in [0.2, 0.25) is 0 Å². The first-order valence-electron chi connectivity index (χ1n) is 7.95. The normalized spacial score (nSPS) is 11.4. The Kier molecular flexibility index (Phi) is 6.70. The van der Waals surface area contributed by atoms with Crippen molar-refractivity contribution in [3.63, 3.8) is 0 Å². The van der Waals surface area contributed by atoms with Crippen LogP contribution in [0.1, 0.15) is 23.6 Å². The second-order valence-electron chi connectivity index (χ2n) is 5.47. The molecule has 8 heteroatoms. The van der Waals surface area contributed by atoms with Crippen molar-refractivity contribution >= 4 is 17.9 Å². The minimum Gasteiger partial charge on any atom is -0.354 e. The molecule has 0 aliphatic rings.